The van der Waals surface area contributed by atoms with E-state index in [1.165, 1.54) is 0 Å². The van der Waals surface area contributed by atoms with E-state index in [2.05, 4.69) is 18.4 Å². The lowest BCUT2D eigenvalue weighted by atomic mass is 10.0. The van der Waals surface area contributed by atoms with Gasteiger partial charge in [-0.3, -0.25) is 0 Å². The normalized spacial score (nSPS) is 13.2. The number of thiocarbonyl (C=S) groups is 1. The van der Waals surface area contributed by atoms with Crippen molar-refractivity contribution in [3.63, 3.8) is 0 Å². The molecular weight excluding hydrogens is 298 g/mol. The molecule has 2 aromatic rings. The Morgan fingerprint density at radius 3 is 2.64 bits per heavy atom. The van der Waals surface area contributed by atoms with Crippen LogP contribution in [0.2, 0.25) is 0 Å². The van der Waals surface area contributed by atoms with E-state index in [4.69, 9.17) is 32.4 Å². The molecule has 1 aliphatic heterocycles. The zero-order valence-electron chi connectivity index (χ0n) is 13.0. The summed E-state index contributed by atoms with van der Waals surface area (Å²) in [6, 6.07) is 3.97. The van der Waals surface area contributed by atoms with Crippen LogP contribution in [0.3, 0.4) is 0 Å². The third kappa shape index (κ3) is 2.63. The molecule has 6 heteroatoms. The fraction of sp³-hybridized carbons (Fsp3) is 0.500. The molecule has 3 rings (SSSR count). The predicted octanol–water partition coefficient (Wildman–Crippen LogP) is 3.34. The first kappa shape index (κ1) is 15.1. The first-order valence-electron chi connectivity index (χ1n) is 7.72. The largest absolute Gasteiger partial charge is 0.454 e. The Morgan fingerprint density at radius 1 is 1.32 bits per heavy atom. The molecule has 5 nitrogen and oxygen atoms in total. The number of nitrogens with zero attached hydrogens (tertiary/aromatic N) is 2. The van der Waals surface area contributed by atoms with Crippen molar-refractivity contribution in [2.24, 2.45) is 5.73 Å². The van der Waals surface area contributed by atoms with Gasteiger partial charge in [0, 0.05) is 31.0 Å². The Hall–Kier alpha value is -1.82. The number of hydrogen-bond acceptors (Lipinski definition) is 4. The van der Waals surface area contributed by atoms with Gasteiger partial charge in [-0.2, -0.15) is 0 Å². The summed E-state index contributed by atoms with van der Waals surface area (Å²) in [5.41, 5.74) is 7.68. The minimum Gasteiger partial charge on any atom is -0.454 e. The topological polar surface area (TPSA) is 62.3 Å². The van der Waals surface area contributed by atoms with E-state index >= 15 is 0 Å². The maximum Gasteiger partial charge on any atom is 0.231 e. The van der Waals surface area contributed by atoms with Crippen molar-refractivity contribution in [1.82, 2.24) is 9.55 Å². The van der Waals surface area contributed by atoms with Gasteiger partial charge in [0.15, 0.2) is 11.5 Å². The van der Waals surface area contributed by atoms with Gasteiger partial charge in [0.2, 0.25) is 6.79 Å². The van der Waals surface area contributed by atoms with Crippen molar-refractivity contribution in [3.05, 3.63) is 18.0 Å². The first-order valence-corrected chi connectivity index (χ1v) is 8.12. The van der Waals surface area contributed by atoms with Gasteiger partial charge in [-0.05, 0) is 12.8 Å². The van der Waals surface area contributed by atoms with E-state index in [0.717, 1.165) is 47.7 Å². The van der Waals surface area contributed by atoms with E-state index in [1.54, 1.807) is 0 Å². The summed E-state index contributed by atoms with van der Waals surface area (Å²) in [4.78, 5) is 5.38. The lowest BCUT2D eigenvalue weighted by molar-refractivity contribution is 0.174. The van der Waals surface area contributed by atoms with Crippen LogP contribution in [0.1, 0.15) is 44.9 Å². The van der Waals surface area contributed by atoms with Crippen molar-refractivity contribution in [2.45, 2.75) is 45.6 Å². The average Bonchev–Trinajstić information content (AvgIpc) is 3.07. The molecule has 0 amide bonds. The fourth-order valence-corrected chi connectivity index (χ4v) is 3.05. The molecule has 22 heavy (non-hydrogen) atoms. The quantitative estimate of drug-likeness (QED) is 0.827. The fourth-order valence-electron chi connectivity index (χ4n) is 2.96. The number of benzene rings is 1. The van der Waals surface area contributed by atoms with Crippen LogP contribution >= 0.6 is 12.2 Å². The van der Waals surface area contributed by atoms with Crippen LogP contribution in [0, 0.1) is 0 Å². The number of ether oxygens (including phenoxy) is 2. The van der Waals surface area contributed by atoms with Crippen LogP contribution in [0.15, 0.2) is 12.1 Å². The highest BCUT2D eigenvalue weighted by molar-refractivity contribution is 7.80. The summed E-state index contributed by atoms with van der Waals surface area (Å²) in [6.45, 7) is 5.40. The molecule has 0 unspecified atom stereocenters. The van der Waals surface area contributed by atoms with Gasteiger partial charge < -0.3 is 19.8 Å². The monoisotopic (exact) mass is 319 g/mol. The molecule has 0 aliphatic carbocycles. The van der Waals surface area contributed by atoms with Crippen LogP contribution in [0.4, 0.5) is 0 Å². The number of imidazole rings is 1. The molecule has 0 atom stereocenters. The summed E-state index contributed by atoms with van der Waals surface area (Å²) < 4.78 is 13.2. The third-order valence-corrected chi connectivity index (χ3v) is 4.41. The molecule has 0 fully saturated rings. The van der Waals surface area contributed by atoms with E-state index in [0.29, 0.717) is 17.3 Å². The molecule has 1 aliphatic rings. The van der Waals surface area contributed by atoms with E-state index < -0.39 is 0 Å². The summed E-state index contributed by atoms with van der Waals surface area (Å²) in [7, 11) is 0. The minimum absolute atomic E-state index is 0.272. The Balaban J connectivity index is 2.11. The van der Waals surface area contributed by atoms with Gasteiger partial charge in [0.1, 0.15) is 5.82 Å². The second kappa shape index (κ2) is 6.12. The second-order valence-corrected chi connectivity index (χ2v) is 6.07. The van der Waals surface area contributed by atoms with Gasteiger partial charge in [-0.1, -0.05) is 26.1 Å². The number of aryl methyl sites for hydroxylation is 1. The van der Waals surface area contributed by atoms with Crippen molar-refractivity contribution < 1.29 is 9.47 Å². The summed E-state index contributed by atoms with van der Waals surface area (Å²) in [5.74, 6) is 3.07. The van der Waals surface area contributed by atoms with Crippen molar-refractivity contribution in [2.75, 3.05) is 6.79 Å². The molecule has 118 valence electrons. The number of fused-ring (bicyclic) bond motifs is 2. The lowest BCUT2D eigenvalue weighted by Crippen LogP contribution is -2.15. The maximum atomic E-state index is 5.69. The summed E-state index contributed by atoms with van der Waals surface area (Å²) in [5, 5.41) is 0. The SMILES string of the molecule is CCC(CC)c1nc2cc3c(cc2n1CCC(N)=S)OCO3. The van der Waals surface area contributed by atoms with E-state index in [9.17, 15) is 0 Å². The van der Waals surface area contributed by atoms with Gasteiger partial charge in [0.25, 0.3) is 0 Å². The molecule has 0 spiro atoms. The summed E-state index contributed by atoms with van der Waals surface area (Å²) in [6.07, 6.45) is 2.78. The molecule has 1 aromatic heterocycles. The Labute approximate surface area is 135 Å². The number of aromatic nitrogens is 2. The highest BCUT2D eigenvalue weighted by Crippen LogP contribution is 2.37. The van der Waals surface area contributed by atoms with Gasteiger partial charge in [0.05, 0.1) is 16.0 Å². The van der Waals surface area contributed by atoms with Gasteiger partial charge in [-0.15, -0.1) is 0 Å². The first-order chi connectivity index (χ1) is 10.6. The van der Waals surface area contributed by atoms with Gasteiger partial charge in [-0.25, -0.2) is 4.98 Å². The van der Waals surface area contributed by atoms with Crippen LogP contribution in [-0.4, -0.2) is 21.3 Å². The standard InChI is InChI=1S/C16H21N3O2S/c1-3-10(4-2)16-18-11-7-13-14(21-9-20-13)8-12(11)19(16)6-5-15(17)22/h7-8,10H,3-6,9H2,1-2H3,(H2,17,22). The second-order valence-electron chi connectivity index (χ2n) is 5.55. The van der Waals surface area contributed by atoms with Crippen molar-refractivity contribution >= 4 is 28.2 Å². The van der Waals surface area contributed by atoms with Crippen LogP contribution in [0.25, 0.3) is 11.0 Å². The van der Waals surface area contributed by atoms with Crippen LogP contribution < -0.4 is 15.2 Å². The molecule has 0 radical (unpaired) electrons. The van der Waals surface area contributed by atoms with Gasteiger partial charge >= 0.3 is 0 Å². The van der Waals surface area contributed by atoms with E-state index in [-0.39, 0.29) is 6.79 Å². The third-order valence-electron chi connectivity index (χ3n) is 4.20. The minimum atomic E-state index is 0.272. The highest BCUT2D eigenvalue weighted by atomic mass is 32.1. The number of rotatable bonds is 6. The number of hydrogen-bond donors (Lipinski definition) is 1. The zero-order chi connectivity index (χ0) is 15.7. The Morgan fingerprint density at radius 2 is 2.00 bits per heavy atom. The maximum absolute atomic E-state index is 5.69. The Bertz CT molecular complexity index is 707. The smallest absolute Gasteiger partial charge is 0.231 e. The van der Waals surface area contributed by atoms with E-state index in [1.807, 2.05) is 12.1 Å². The van der Waals surface area contributed by atoms with Crippen LogP contribution in [0.5, 0.6) is 11.5 Å². The lowest BCUT2D eigenvalue weighted by Gasteiger charge is -2.15. The molecular formula is C16H21N3O2S. The average molecular weight is 319 g/mol. The molecule has 2 N–H and O–H groups in total. The van der Waals surface area contributed by atoms with Crippen LogP contribution in [-0.2, 0) is 6.54 Å². The summed E-state index contributed by atoms with van der Waals surface area (Å²) >= 11 is 5.04. The molecule has 0 bridgehead atoms. The Kier molecular flexibility index (Phi) is 4.20. The zero-order valence-corrected chi connectivity index (χ0v) is 13.8. The molecule has 0 saturated heterocycles. The highest BCUT2D eigenvalue weighted by Gasteiger charge is 2.22. The molecule has 2 heterocycles. The molecule has 1 aromatic carbocycles. The van der Waals surface area contributed by atoms with Crippen molar-refractivity contribution in [1.29, 1.82) is 0 Å². The van der Waals surface area contributed by atoms with Crippen molar-refractivity contribution in [3.8, 4) is 11.5 Å². The predicted molar refractivity (Wildman–Crippen MR) is 90.6 cm³/mol. The molecule has 0 saturated carbocycles. The number of nitrogens with two attached hydrogens (primary N) is 1.